The van der Waals surface area contributed by atoms with Gasteiger partial charge in [0.15, 0.2) is 5.76 Å². The van der Waals surface area contributed by atoms with Crippen LogP contribution in [0, 0.1) is 0 Å². The minimum absolute atomic E-state index is 0.107. The van der Waals surface area contributed by atoms with Crippen LogP contribution < -0.4 is 5.32 Å². The lowest BCUT2D eigenvalue weighted by molar-refractivity contribution is 0.502. The van der Waals surface area contributed by atoms with Crippen LogP contribution in [0.5, 0.6) is 0 Å². The van der Waals surface area contributed by atoms with Gasteiger partial charge in [-0.05, 0) is 62.9 Å². The highest BCUT2D eigenvalue weighted by atomic mass is 16.3. The summed E-state index contributed by atoms with van der Waals surface area (Å²) in [4.78, 5) is 5.41. The number of hydrogen-bond donors (Lipinski definition) is 1. The summed E-state index contributed by atoms with van der Waals surface area (Å²) in [6.07, 6.45) is 4.62. The van der Waals surface area contributed by atoms with E-state index in [1.807, 2.05) is 24.3 Å². The molecule has 3 atom stereocenters. The number of fused-ring (bicyclic) bond motifs is 9. The molecule has 6 aromatic carbocycles. The van der Waals surface area contributed by atoms with Crippen LogP contribution in [0.4, 0.5) is 5.69 Å². The molecule has 0 spiro atoms. The summed E-state index contributed by atoms with van der Waals surface area (Å²) < 4.78 is 12.9. The molecular formula is C44H28N2O2. The fourth-order valence-electron chi connectivity index (χ4n) is 8.50. The van der Waals surface area contributed by atoms with E-state index in [9.17, 15) is 0 Å². The molecule has 226 valence electrons. The summed E-state index contributed by atoms with van der Waals surface area (Å²) >= 11 is 0. The molecule has 8 aromatic rings. The molecule has 0 bridgehead atoms. The number of amidine groups is 1. The van der Waals surface area contributed by atoms with Gasteiger partial charge < -0.3 is 14.2 Å². The van der Waals surface area contributed by atoms with Crippen molar-refractivity contribution in [2.24, 2.45) is 4.99 Å². The average molecular weight is 617 g/mol. The van der Waals surface area contributed by atoms with E-state index in [1.165, 1.54) is 38.6 Å². The molecule has 0 saturated carbocycles. The van der Waals surface area contributed by atoms with Crippen molar-refractivity contribution in [1.82, 2.24) is 5.32 Å². The Morgan fingerprint density at radius 2 is 1.21 bits per heavy atom. The molecule has 3 heterocycles. The number of para-hydroxylation sites is 2. The van der Waals surface area contributed by atoms with Gasteiger partial charge in [-0.25, -0.2) is 4.99 Å². The van der Waals surface area contributed by atoms with Crippen molar-refractivity contribution in [3.63, 3.8) is 0 Å². The predicted molar refractivity (Wildman–Crippen MR) is 194 cm³/mol. The topological polar surface area (TPSA) is 50.7 Å². The molecule has 11 rings (SSSR count). The summed E-state index contributed by atoms with van der Waals surface area (Å²) in [5, 5.41) is 9.79. The standard InChI is InChI=1S/C44H28N2O2/c1-2-10-25(11-3-1)28-22-23-34(40-33-17-9-13-26-12-8-16-32(38(26)33)39(28)40)44-45-41(43-42(46-44)31-15-5-7-19-36(31)48-43)27-20-21-30-29-14-4-6-18-35(29)47-37(30)24-27/h1-24,39-41H,(H,45,46). The second kappa shape index (κ2) is 9.69. The maximum atomic E-state index is 6.59. The Bertz CT molecular complexity index is 2720. The Kier molecular flexibility index (Phi) is 5.25. The molecule has 0 saturated heterocycles. The van der Waals surface area contributed by atoms with Crippen LogP contribution in [-0.4, -0.2) is 5.84 Å². The van der Waals surface area contributed by atoms with Crippen LogP contribution in [0.1, 0.15) is 45.9 Å². The molecular weight excluding hydrogens is 588 g/mol. The van der Waals surface area contributed by atoms with Gasteiger partial charge in [-0.3, -0.25) is 0 Å². The molecule has 3 aliphatic rings. The van der Waals surface area contributed by atoms with Crippen molar-refractivity contribution >= 4 is 60.8 Å². The molecule has 4 nitrogen and oxygen atoms in total. The SMILES string of the molecule is C1=C(C2=Nc3c(oc4ccccc34)C(c3ccc4c(c3)oc3ccccc34)N2)C2c3cccc4cccc(c34)C2C(c2ccccc2)=C1. The highest BCUT2D eigenvalue weighted by Crippen LogP contribution is 2.58. The monoisotopic (exact) mass is 616 g/mol. The van der Waals surface area contributed by atoms with Gasteiger partial charge in [0.25, 0.3) is 0 Å². The van der Waals surface area contributed by atoms with Gasteiger partial charge in [0.1, 0.15) is 34.3 Å². The van der Waals surface area contributed by atoms with Crippen LogP contribution in [0.15, 0.2) is 165 Å². The molecule has 4 heteroatoms. The van der Waals surface area contributed by atoms with Gasteiger partial charge >= 0.3 is 0 Å². The number of hydrogen-bond acceptors (Lipinski definition) is 4. The summed E-state index contributed by atoms with van der Waals surface area (Å²) in [7, 11) is 0. The van der Waals surface area contributed by atoms with Crippen LogP contribution in [0.3, 0.4) is 0 Å². The van der Waals surface area contributed by atoms with E-state index in [0.717, 1.165) is 55.8 Å². The van der Waals surface area contributed by atoms with Gasteiger partial charge in [0.05, 0.1) is 0 Å². The Morgan fingerprint density at radius 3 is 2.02 bits per heavy atom. The van der Waals surface area contributed by atoms with E-state index in [1.54, 1.807) is 0 Å². The van der Waals surface area contributed by atoms with Crippen LogP contribution in [-0.2, 0) is 0 Å². The van der Waals surface area contributed by atoms with Gasteiger partial charge in [0.2, 0.25) is 0 Å². The van der Waals surface area contributed by atoms with E-state index in [0.29, 0.717) is 0 Å². The van der Waals surface area contributed by atoms with E-state index < -0.39 is 0 Å². The molecule has 0 radical (unpaired) electrons. The van der Waals surface area contributed by atoms with Crippen molar-refractivity contribution in [3.05, 3.63) is 179 Å². The number of nitrogens with one attached hydrogen (secondary N) is 1. The fourth-order valence-corrected chi connectivity index (χ4v) is 8.50. The van der Waals surface area contributed by atoms with Gasteiger partial charge in [-0.15, -0.1) is 0 Å². The number of allylic oxidation sites excluding steroid dienone is 3. The predicted octanol–water partition coefficient (Wildman–Crippen LogP) is 11.1. The Hall–Kier alpha value is -6.13. The van der Waals surface area contributed by atoms with Gasteiger partial charge in [0, 0.05) is 33.6 Å². The van der Waals surface area contributed by atoms with Crippen molar-refractivity contribution in [3.8, 4) is 0 Å². The third-order valence-corrected chi connectivity index (χ3v) is 10.6. The first-order valence-corrected chi connectivity index (χ1v) is 16.6. The minimum Gasteiger partial charge on any atom is -0.456 e. The second-order valence-corrected chi connectivity index (χ2v) is 13.1. The number of nitrogens with zero attached hydrogens (tertiary/aromatic N) is 1. The summed E-state index contributed by atoms with van der Waals surface area (Å²) in [6.45, 7) is 0. The van der Waals surface area contributed by atoms with E-state index >= 15 is 0 Å². The zero-order chi connectivity index (χ0) is 31.3. The molecule has 0 amide bonds. The fraction of sp³-hybridized carbons (Fsp3) is 0.0682. The largest absolute Gasteiger partial charge is 0.456 e. The first-order valence-electron chi connectivity index (χ1n) is 16.6. The summed E-state index contributed by atoms with van der Waals surface area (Å²) in [5.41, 5.74) is 11.1. The Balaban J connectivity index is 1.12. The van der Waals surface area contributed by atoms with Crippen LogP contribution in [0.2, 0.25) is 0 Å². The van der Waals surface area contributed by atoms with Crippen molar-refractivity contribution in [1.29, 1.82) is 0 Å². The maximum Gasteiger partial charge on any atom is 0.157 e. The van der Waals surface area contributed by atoms with Crippen molar-refractivity contribution < 1.29 is 8.83 Å². The number of rotatable bonds is 3. The van der Waals surface area contributed by atoms with Gasteiger partial charge in [-0.1, -0.05) is 121 Å². The third kappa shape index (κ3) is 3.57. The maximum absolute atomic E-state index is 6.59. The molecule has 1 N–H and O–H groups in total. The van der Waals surface area contributed by atoms with Crippen molar-refractivity contribution in [2.45, 2.75) is 17.9 Å². The summed E-state index contributed by atoms with van der Waals surface area (Å²) in [6, 6.07) is 47.0. The quantitative estimate of drug-likeness (QED) is 0.215. The molecule has 0 fully saturated rings. The number of aliphatic imine (C=N–C) groups is 1. The Morgan fingerprint density at radius 1 is 0.542 bits per heavy atom. The Labute approximate surface area is 276 Å². The van der Waals surface area contributed by atoms with Gasteiger partial charge in [-0.2, -0.15) is 0 Å². The highest BCUT2D eigenvalue weighted by molar-refractivity contribution is 6.10. The number of benzene rings is 6. The molecule has 48 heavy (non-hydrogen) atoms. The lowest BCUT2D eigenvalue weighted by Gasteiger charge is -2.33. The number of furan rings is 2. The average Bonchev–Trinajstić information content (AvgIpc) is 3.82. The molecule has 3 unspecified atom stereocenters. The third-order valence-electron chi connectivity index (χ3n) is 10.6. The van der Waals surface area contributed by atoms with Crippen LogP contribution >= 0.6 is 0 Å². The smallest absolute Gasteiger partial charge is 0.157 e. The zero-order valence-corrected chi connectivity index (χ0v) is 25.9. The molecule has 2 aliphatic carbocycles. The first-order chi connectivity index (χ1) is 23.8. The zero-order valence-electron chi connectivity index (χ0n) is 25.9. The normalized spacial score (nSPS) is 19.6. The van der Waals surface area contributed by atoms with E-state index in [-0.39, 0.29) is 17.9 Å². The second-order valence-electron chi connectivity index (χ2n) is 13.1. The highest BCUT2D eigenvalue weighted by Gasteiger charge is 2.43. The van der Waals surface area contributed by atoms with Crippen LogP contribution in [0.25, 0.3) is 49.3 Å². The lowest BCUT2D eigenvalue weighted by Crippen LogP contribution is -2.35. The molecule has 2 aromatic heterocycles. The van der Waals surface area contributed by atoms with E-state index in [2.05, 4.69) is 127 Å². The first kappa shape index (κ1) is 26.0. The summed E-state index contributed by atoms with van der Waals surface area (Å²) in [5.74, 6) is 1.98. The lowest BCUT2D eigenvalue weighted by atomic mass is 9.73. The molecule has 1 aliphatic heterocycles. The minimum atomic E-state index is -0.254. The van der Waals surface area contributed by atoms with Crippen molar-refractivity contribution in [2.75, 3.05) is 0 Å². The van der Waals surface area contributed by atoms with E-state index in [4.69, 9.17) is 13.8 Å².